The van der Waals surface area contributed by atoms with Gasteiger partial charge in [0.25, 0.3) is 0 Å². The lowest BCUT2D eigenvalue weighted by atomic mass is 9.96. The zero-order valence-electron chi connectivity index (χ0n) is 10.8. The number of nitriles is 1. The molecule has 0 spiro atoms. The molecule has 108 valence electrons. The van der Waals surface area contributed by atoms with E-state index in [2.05, 4.69) is 21.2 Å². The molecule has 20 heavy (non-hydrogen) atoms. The number of halogens is 4. The van der Waals surface area contributed by atoms with Crippen LogP contribution in [0.3, 0.4) is 0 Å². The van der Waals surface area contributed by atoms with Crippen molar-refractivity contribution in [2.75, 3.05) is 5.32 Å². The Kier molecular flexibility index (Phi) is 5.17. The summed E-state index contributed by atoms with van der Waals surface area (Å²) >= 11 is 2.96. The van der Waals surface area contributed by atoms with Crippen LogP contribution in [0.2, 0.25) is 0 Å². The van der Waals surface area contributed by atoms with Crippen LogP contribution in [0.1, 0.15) is 19.4 Å². The van der Waals surface area contributed by atoms with Crippen molar-refractivity contribution in [3.05, 3.63) is 28.2 Å². The summed E-state index contributed by atoms with van der Waals surface area (Å²) in [6.45, 7) is 3.30. The normalized spacial score (nSPS) is 12.9. The summed E-state index contributed by atoms with van der Waals surface area (Å²) in [5.74, 6) is -2.03. The maximum Gasteiger partial charge on any atom is 0.418 e. The highest BCUT2D eigenvalue weighted by Gasteiger charge is 2.35. The highest BCUT2D eigenvalue weighted by Crippen LogP contribution is 2.36. The van der Waals surface area contributed by atoms with Gasteiger partial charge in [0.05, 0.1) is 17.3 Å². The quantitative estimate of drug-likeness (QED) is 0.889. The molecule has 0 aliphatic rings. The molecular formula is C13H12BrF3N2O. The van der Waals surface area contributed by atoms with E-state index in [-0.39, 0.29) is 16.1 Å². The molecule has 0 bridgehead atoms. The fourth-order valence-corrected chi connectivity index (χ4v) is 1.94. The van der Waals surface area contributed by atoms with Gasteiger partial charge in [-0.3, -0.25) is 4.79 Å². The van der Waals surface area contributed by atoms with Crippen molar-refractivity contribution < 1.29 is 18.0 Å². The van der Waals surface area contributed by atoms with Gasteiger partial charge in [-0.15, -0.1) is 0 Å². The zero-order valence-corrected chi connectivity index (χ0v) is 12.3. The second-order valence-electron chi connectivity index (χ2n) is 4.53. The van der Waals surface area contributed by atoms with Crippen molar-refractivity contribution in [2.24, 2.45) is 11.8 Å². The van der Waals surface area contributed by atoms with Gasteiger partial charge in [0.15, 0.2) is 0 Å². The van der Waals surface area contributed by atoms with Crippen molar-refractivity contribution in [3.8, 4) is 6.07 Å². The summed E-state index contributed by atoms with van der Waals surface area (Å²) in [7, 11) is 0. The minimum Gasteiger partial charge on any atom is -0.324 e. The Morgan fingerprint density at radius 2 is 2.00 bits per heavy atom. The number of hydrogen-bond donors (Lipinski definition) is 1. The van der Waals surface area contributed by atoms with Gasteiger partial charge in [0.2, 0.25) is 5.91 Å². The summed E-state index contributed by atoms with van der Waals surface area (Å²) in [6.07, 6.45) is -4.59. The van der Waals surface area contributed by atoms with Gasteiger partial charge in [-0.2, -0.15) is 18.4 Å². The maximum atomic E-state index is 12.9. The van der Waals surface area contributed by atoms with Crippen LogP contribution in [0.4, 0.5) is 18.9 Å². The Morgan fingerprint density at radius 3 is 2.45 bits per heavy atom. The Hall–Kier alpha value is -1.55. The van der Waals surface area contributed by atoms with Crippen LogP contribution < -0.4 is 5.32 Å². The van der Waals surface area contributed by atoms with Crippen molar-refractivity contribution in [2.45, 2.75) is 20.0 Å². The molecule has 1 N–H and O–H groups in total. The SMILES string of the molecule is CC(C)C(C#N)C(=O)Nc1ccc(Br)cc1C(F)(F)F. The minimum absolute atomic E-state index is 0.253. The smallest absolute Gasteiger partial charge is 0.324 e. The first-order chi connectivity index (χ1) is 9.16. The van der Waals surface area contributed by atoms with E-state index < -0.39 is 23.6 Å². The lowest BCUT2D eigenvalue weighted by Gasteiger charge is -2.17. The second kappa shape index (κ2) is 6.27. The molecule has 1 atom stereocenters. The number of carbonyl (C=O) groups is 1. The number of carbonyl (C=O) groups excluding carboxylic acids is 1. The van der Waals surface area contributed by atoms with Crippen LogP contribution in [-0.2, 0) is 11.0 Å². The third-order valence-electron chi connectivity index (χ3n) is 2.63. The van der Waals surface area contributed by atoms with Gasteiger partial charge < -0.3 is 5.32 Å². The first kappa shape index (κ1) is 16.5. The molecule has 0 aliphatic heterocycles. The van der Waals surface area contributed by atoms with E-state index in [1.54, 1.807) is 19.9 Å². The van der Waals surface area contributed by atoms with E-state index in [0.717, 1.165) is 12.1 Å². The molecule has 1 aromatic rings. The van der Waals surface area contributed by atoms with Crippen molar-refractivity contribution in [3.63, 3.8) is 0 Å². The van der Waals surface area contributed by atoms with Gasteiger partial charge >= 0.3 is 6.18 Å². The number of amides is 1. The van der Waals surface area contributed by atoms with Gasteiger partial charge in [-0.1, -0.05) is 29.8 Å². The minimum atomic E-state index is -4.59. The Labute approximate surface area is 122 Å². The van der Waals surface area contributed by atoms with E-state index in [1.165, 1.54) is 6.07 Å². The van der Waals surface area contributed by atoms with Gasteiger partial charge in [0, 0.05) is 4.47 Å². The molecule has 0 radical (unpaired) electrons. The van der Waals surface area contributed by atoms with E-state index >= 15 is 0 Å². The zero-order chi connectivity index (χ0) is 15.5. The van der Waals surface area contributed by atoms with Crippen LogP contribution in [0.25, 0.3) is 0 Å². The predicted molar refractivity (Wildman–Crippen MR) is 71.7 cm³/mol. The molecule has 1 rings (SSSR count). The molecule has 1 aromatic carbocycles. The van der Waals surface area contributed by atoms with Crippen molar-refractivity contribution in [1.29, 1.82) is 5.26 Å². The Balaban J connectivity index is 3.11. The third-order valence-corrected chi connectivity index (χ3v) is 3.13. The van der Waals surface area contributed by atoms with Crippen molar-refractivity contribution >= 4 is 27.5 Å². The lowest BCUT2D eigenvalue weighted by Crippen LogP contribution is -2.26. The first-order valence-corrected chi connectivity index (χ1v) is 6.53. The number of rotatable bonds is 3. The maximum absolute atomic E-state index is 12.9. The van der Waals surface area contributed by atoms with Crippen LogP contribution in [0.15, 0.2) is 22.7 Å². The van der Waals surface area contributed by atoms with Crippen LogP contribution in [0, 0.1) is 23.2 Å². The fraction of sp³-hybridized carbons (Fsp3) is 0.385. The van der Waals surface area contributed by atoms with Gasteiger partial charge in [-0.25, -0.2) is 0 Å². The summed E-state index contributed by atoms with van der Waals surface area (Å²) in [5.41, 5.74) is -1.31. The monoisotopic (exact) mass is 348 g/mol. The van der Waals surface area contributed by atoms with Gasteiger partial charge in [-0.05, 0) is 24.1 Å². The highest BCUT2D eigenvalue weighted by atomic mass is 79.9. The second-order valence-corrected chi connectivity index (χ2v) is 5.44. The van der Waals surface area contributed by atoms with E-state index in [1.807, 2.05) is 0 Å². The summed E-state index contributed by atoms with van der Waals surface area (Å²) in [5, 5.41) is 11.1. The van der Waals surface area contributed by atoms with E-state index in [4.69, 9.17) is 5.26 Å². The molecule has 0 fully saturated rings. The number of nitrogens with one attached hydrogen (secondary N) is 1. The number of benzene rings is 1. The molecular weight excluding hydrogens is 337 g/mol. The number of nitrogens with zero attached hydrogens (tertiary/aromatic N) is 1. The largest absolute Gasteiger partial charge is 0.418 e. The molecule has 0 saturated heterocycles. The van der Waals surface area contributed by atoms with E-state index in [9.17, 15) is 18.0 Å². The molecule has 1 amide bonds. The van der Waals surface area contributed by atoms with Crippen LogP contribution in [0.5, 0.6) is 0 Å². The van der Waals surface area contributed by atoms with Crippen molar-refractivity contribution in [1.82, 2.24) is 0 Å². The number of hydrogen-bond acceptors (Lipinski definition) is 2. The fourth-order valence-electron chi connectivity index (χ4n) is 1.58. The molecule has 0 heterocycles. The average Bonchev–Trinajstić information content (AvgIpc) is 2.30. The van der Waals surface area contributed by atoms with Crippen LogP contribution >= 0.6 is 15.9 Å². The molecule has 7 heteroatoms. The number of alkyl halides is 3. The summed E-state index contributed by atoms with van der Waals surface area (Å²) in [6, 6.07) is 5.21. The lowest BCUT2D eigenvalue weighted by molar-refractivity contribution is -0.137. The summed E-state index contributed by atoms with van der Waals surface area (Å²) < 4.78 is 38.9. The summed E-state index contributed by atoms with van der Waals surface area (Å²) in [4.78, 5) is 11.8. The molecule has 0 aliphatic carbocycles. The standard InChI is InChI=1S/C13H12BrF3N2O/c1-7(2)9(6-18)12(20)19-11-4-3-8(14)5-10(11)13(15,16)17/h3-5,7,9H,1-2H3,(H,19,20). The average molecular weight is 349 g/mol. The predicted octanol–water partition coefficient (Wildman–Crippen LogP) is 4.20. The molecule has 3 nitrogen and oxygen atoms in total. The molecule has 0 aromatic heterocycles. The third kappa shape index (κ3) is 3.97. The Morgan fingerprint density at radius 1 is 1.40 bits per heavy atom. The van der Waals surface area contributed by atoms with E-state index in [0.29, 0.717) is 0 Å². The topological polar surface area (TPSA) is 52.9 Å². The Bertz CT molecular complexity index is 550. The van der Waals surface area contributed by atoms with Crippen LogP contribution in [-0.4, -0.2) is 5.91 Å². The molecule has 1 unspecified atom stereocenters. The highest BCUT2D eigenvalue weighted by molar-refractivity contribution is 9.10. The first-order valence-electron chi connectivity index (χ1n) is 5.74. The van der Waals surface area contributed by atoms with Gasteiger partial charge in [0.1, 0.15) is 5.92 Å². The number of anilines is 1. The molecule has 0 saturated carbocycles.